The molecule has 1 heterocycles. The summed E-state index contributed by atoms with van der Waals surface area (Å²) in [6.07, 6.45) is 6.63. The van der Waals surface area contributed by atoms with E-state index in [9.17, 15) is 18.4 Å². The van der Waals surface area contributed by atoms with E-state index in [2.05, 4.69) is 15.0 Å². The van der Waals surface area contributed by atoms with Gasteiger partial charge < -0.3 is 10.1 Å². The van der Waals surface area contributed by atoms with E-state index in [1.807, 2.05) is 0 Å². The van der Waals surface area contributed by atoms with Crippen LogP contribution in [0.4, 0.5) is 8.78 Å². The van der Waals surface area contributed by atoms with Crippen LogP contribution in [0.5, 0.6) is 5.75 Å². The quantitative estimate of drug-likeness (QED) is 0.300. The molecule has 4 rings (SSSR count). The number of carbonyl (C=O) groups is 1. The number of rotatable bonds is 7. The molecule has 1 amide bonds. The van der Waals surface area contributed by atoms with Crippen LogP contribution < -0.4 is 15.6 Å². The summed E-state index contributed by atoms with van der Waals surface area (Å²) < 4.78 is 30.8. The maximum atomic E-state index is 13.3. The maximum Gasteiger partial charge on any atom is 0.387 e. The van der Waals surface area contributed by atoms with E-state index in [1.54, 1.807) is 24.3 Å². The van der Waals surface area contributed by atoms with Crippen molar-refractivity contribution in [2.75, 3.05) is 5.75 Å². The first kappa shape index (κ1) is 23.2. The molecule has 3 aromatic rings. The van der Waals surface area contributed by atoms with E-state index in [0.717, 1.165) is 25.7 Å². The number of hydrogen-bond acceptors (Lipinski definition) is 5. The van der Waals surface area contributed by atoms with Crippen LogP contribution in [0.15, 0.2) is 58.5 Å². The third kappa shape index (κ3) is 5.90. The van der Waals surface area contributed by atoms with Crippen LogP contribution in [0.3, 0.4) is 0 Å². The second kappa shape index (κ2) is 10.8. The van der Waals surface area contributed by atoms with Crippen LogP contribution in [0.25, 0.3) is 16.6 Å². The van der Waals surface area contributed by atoms with E-state index in [4.69, 9.17) is 0 Å². The van der Waals surface area contributed by atoms with Gasteiger partial charge in [0, 0.05) is 6.04 Å². The Hall–Kier alpha value is -2.94. The van der Waals surface area contributed by atoms with Gasteiger partial charge in [-0.25, -0.2) is 4.98 Å². The highest BCUT2D eigenvalue weighted by molar-refractivity contribution is 7.99. The first-order chi connectivity index (χ1) is 16.0. The molecule has 0 spiro atoms. The van der Waals surface area contributed by atoms with Gasteiger partial charge in [-0.2, -0.15) is 8.78 Å². The van der Waals surface area contributed by atoms with E-state index in [1.165, 1.54) is 53.4 Å². The van der Waals surface area contributed by atoms with E-state index < -0.39 is 6.61 Å². The van der Waals surface area contributed by atoms with Gasteiger partial charge in [-0.05, 0) is 49.2 Å². The first-order valence-electron chi connectivity index (χ1n) is 11.0. The number of alkyl halides is 2. The fourth-order valence-electron chi connectivity index (χ4n) is 4.04. The molecule has 6 nitrogen and oxygen atoms in total. The molecule has 1 saturated carbocycles. The lowest BCUT2D eigenvalue weighted by atomic mass is 10.1. The van der Waals surface area contributed by atoms with Gasteiger partial charge in [-0.3, -0.25) is 14.2 Å². The van der Waals surface area contributed by atoms with Gasteiger partial charge in [0.1, 0.15) is 5.75 Å². The van der Waals surface area contributed by atoms with Crippen LogP contribution >= 0.6 is 11.8 Å². The Bertz CT molecular complexity index is 1160. The molecule has 0 atom stereocenters. The molecule has 174 valence electrons. The summed E-state index contributed by atoms with van der Waals surface area (Å²) in [6.45, 7) is -2.93. The van der Waals surface area contributed by atoms with Crippen molar-refractivity contribution in [3.05, 3.63) is 58.9 Å². The third-order valence-corrected chi connectivity index (χ3v) is 6.56. The molecule has 1 aliphatic rings. The van der Waals surface area contributed by atoms with E-state index in [0.29, 0.717) is 21.7 Å². The van der Waals surface area contributed by atoms with Crippen molar-refractivity contribution in [2.45, 2.75) is 56.3 Å². The Morgan fingerprint density at radius 3 is 2.48 bits per heavy atom. The lowest BCUT2D eigenvalue weighted by Gasteiger charge is -2.17. The van der Waals surface area contributed by atoms with Crippen LogP contribution in [0, 0.1) is 0 Å². The number of thioether (sulfide) groups is 1. The van der Waals surface area contributed by atoms with Crippen LogP contribution in [0.2, 0.25) is 0 Å². The molecular weight excluding hydrogens is 448 g/mol. The number of carbonyl (C=O) groups excluding carboxylic acids is 1. The summed E-state index contributed by atoms with van der Waals surface area (Å²) in [4.78, 5) is 30.5. The standard InChI is InChI=1S/C24H25F2N3O3S/c25-23(26)32-18-13-11-17(12-14-18)29-22(31)19-9-5-6-10-20(19)28-24(29)33-15-21(30)27-16-7-3-1-2-4-8-16/h5-6,9-14,16,23H,1-4,7-8,15H2,(H,27,30). The molecule has 0 radical (unpaired) electrons. The second-order valence-corrected chi connectivity index (χ2v) is 8.91. The number of nitrogens with one attached hydrogen (secondary N) is 1. The molecule has 1 fully saturated rings. The first-order valence-corrected chi connectivity index (χ1v) is 12.0. The number of amides is 1. The topological polar surface area (TPSA) is 73.2 Å². The number of benzene rings is 2. The van der Waals surface area contributed by atoms with Crippen LogP contribution in [-0.4, -0.2) is 33.9 Å². The number of para-hydroxylation sites is 1. The molecule has 2 aromatic carbocycles. The Balaban J connectivity index is 1.60. The van der Waals surface area contributed by atoms with Crippen molar-refractivity contribution in [1.29, 1.82) is 0 Å². The highest BCUT2D eigenvalue weighted by Crippen LogP contribution is 2.24. The fourth-order valence-corrected chi connectivity index (χ4v) is 4.86. The Morgan fingerprint density at radius 1 is 1.09 bits per heavy atom. The number of ether oxygens (including phenoxy) is 1. The third-order valence-electron chi connectivity index (χ3n) is 5.62. The molecule has 1 aliphatic carbocycles. The van der Waals surface area contributed by atoms with Gasteiger partial charge in [0.15, 0.2) is 5.16 Å². The fraction of sp³-hybridized carbons (Fsp3) is 0.375. The monoisotopic (exact) mass is 473 g/mol. The number of halogens is 2. The molecule has 0 saturated heterocycles. The number of aromatic nitrogens is 2. The van der Waals surface area contributed by atoms with Gasteiger partial charge in [-0.15, -0.1) is 0 Å². The van der Waals surface area contributed by atoms with Crippen molar-refractivity contribution in [2.24, 2.45) is 0 Å². The molecular formula is C24H25F2N3O3S. The minimum atomic E-state index is -2.93. The van der Waals surface area contributed by atoms with Crippen molar-refractivity contribution < 1.29 is 18.3 Å². The maximum absolute atomic E-state index is 13.3. The summed E-state index contributed by atoms with van der Waals surface area (Å²) in [6, 6.07) is 12.9. The minimum absolute atomic E-state index is 0.00692. The highest BCUT2D eigenvalue weighted by atomic mass is 32.2. The summed E-state index contributed by atoms with van der Waals surface area (Å²) in [7, 11) is 0. The highest BCUT2D eigenvalue weighted by Gasteiger charge is 2.18. The largest absolute Gasteiger partial charge is 0.435 e. The molecule has 1 aromatic heterocycles. The van der Waals surface area contributed by atoms with Crippen molar-refractivity contribution >= 4 is 28.6 Å². The Kier molecular flexibility index (Phi) is 7.59. The van der Waals surface area contributed by atoms with Gasteiger partial charge in [0.2, 0.25) is 5.91 Å². The number of fused-ring (bicyclic) bond motifs is 1. The molecule has 0 aliphatic heterocycles. The normalized spacial score (nSPS) is 14.9. The number of nitrogens with zero attached hydrogens (tertiary/aromatic N) is 2. The zero-order chi connectivity index (χ0) is 23.2. The average molecular weight is 474 g/mol. The molecule has 1 N–H and O–H groups in total. The van der Waals surface area contributed by atoms with Gasteiger partial charge >= 0.3 is 6.61 Å². The molecule has 0 unspecified atom stereocenters. The summed E-state index contributed by atoms with van der Waals surface area (Å²) in [5.74, 6) is 0.0162. The zero-order valence-electron chi connectivity index (χ0n) is 18.0. The Morgan fingerprint density at radius 2 is 1.79 bits per heavy atom. The summed E-state index contributed by atoms with van der Waals surface area (Å²) >= 11 is 1.18. The Labute approximate surface area is 194 Å². The van der Waals surface area contributed by atoms with Crippen LogP contribution in [-0.2, 0) is 4.79 Å². The van der Waals surface area contributed by atoms with Crippen molar-refractivity contribution in [1.82, 2.24) is 14.9 Å². The zero-order valence-corrected chi connectivity index (χ0v) is 18.8. The van der Waals surface area contributed by atoms with Crippen molar-refractivity contribution in [3.8, 4) is 11.4 Å². The van der Waals surface area contributed by atoms with Crippen LogP contribution in [0.1, 0.15) is 38.5 Å². The molecule has 9 heteroatoms. The minimum Gasteiger partial charge on any atom is -0.435 e. The average Bonchev–Trinajstić information content (AvgIpc) is 3.07. The van der Waals surface area contributed by atoms with E-state index in [-0.39, 0.29) is 29.0 Å². The van der Waals surface area contributed by atoms with E-state index >= 15 is 0 Å². The number of hydrogen-bond donors (Lipinski definition) is 1. The summed E-state index contributed by atoms with van der Waals surface area (Å²) in [5, 5.41) is 3.89. The smallest absolute Gasteiger partial charge is 0.387 e. The SMILES string of the molecule is O=C(CSc1nc2ccccc2c(=O)n1-c1ccc(OC(F)F)cc1)NC1CCCCCC1. The molecule has 0 bridgehead atoms. The van der Waals surface area contributed by atoms with Gasteiger partial charge in [-0.1, -0.05) is 49.6 Å². The predicted octanol–water partition coefficient (Wildman–Crippen LogP) is 4.92. The predicted molar refractivity (Wildman–Crippen MR) is 124 cm³/mol. The van der Waals surface area contributed by atoms with Gasteiger partial charge in [0.05, 0.1) is 22.3 Å². The molecule has 33 heavy (non-hydrogen) atoms. The van der Waals surface area contributed by atoms with Gasteiger partial charge in [0.25, 0.3) is 5.56 Å². The lowest BCUT2D eigenvalue weighted by molar-refractivity contribution is -0.119. The summed E-state index contributed by atoms with van der Waals surface area (Å²) in [5.41, 5.74) is 0.685. The lowest BCUT2D eigenvalue weighted by Crippen LogP contribution is -2.35. The second-order valence-electron chi connectivity index (χ2n) is 7.97. The van der Waals surface area contributed by atoms with Crippen molar-refractivity contribution in [3.63, 3.8) is 0 Å².